The van der Waals surface area contributed by atoms with Gasteiger partial charge in [-0.25, -0.2) is 0 Å². The van der Waals surface area contributed by atoms with Gasteiger partial charge in [-0.05, 0) is 82.8 Å². The number of benzene rings is 1. The van der Waals surface area contributed by atoms with Crippen molar-refractivity contribution in [1.29, 1.82) is 0 Å². The minimum absolute atomic E-state index is 0.00557. The van der Waals surface area contributed by atoms with Gasteiger partial charge in [-0.2, -0.15) is 44.9 Å². The number of nitrogens with zero attached hydrogens (tertiary/aromatic N) is 9. The quantitative estimate of drug-likeness (QED) is 0.0293. The van der Waals surface area contributed by atoms with E-state index in [2.05, 4.69) is 94.3 Å². The average molecular weight is 957 g/mol. The highest BCUT2D eigenvalue weighted by Gasteiger charge is 2.09. The second kappa shape index (κ2) is 37.8. The van der Waals surface area contributed by atoms with Crippen LogP contribution in [0.15, 0.2) is 30.3 Å². The molecule has 24 heteroatoms. The Bertz CT molecular complexity index is 1720. The molecule has 1 aromatic carbocycles. The van der Waals surface area contributed by atoms with E-state index >= 15 is 0 Å². The van der Waals surface area contributed by atoms with Crippen LogP contribution in [0.5, 0.6) is 0 Å². The number of hydrogen-bond donors (Lipinski definition) is 14. The van der Waals surface area contributed by atoms with E-state index in [4.69, 9.17) is 46.0 Å². The Morgan fingerprint density at radius 2 is 0.761 bits per heavy atom. The summed E-state index contributed by atoms with van der Waals surface area (Å²) in [5, 5.41) is 25.3. The highest BCUT2D eigenvalue weighted by atomic mass is 35.5. The molecule has 0 amide bonds. The van der Waals surface area contributed by atoms with Gasteiger partial charge in [0.2, 0.25) is 52.9 Å². The van der Waals surface area contributed by atoms with Crippen LogP contribution in [0.2, 0.25) is 5.28 Å². The number of hydrogen-bond acceptors (Lipinski definition) is 23. The van der Waals surface area contributed by atoms with Crippen LogP contribution in [0.4, 0.5) is 53.3 Å². The first-order chi connectivity index (χ1) is 32.6. The molecule has 23 nitrogen and oxygen atoms in total. The monoisotopic (exact) mass is 956 g/mol. The van der Waals surface area contributed by atoms with Crippen LogP contribution in [-0.4, -0.2) is 129 Å². The molecule has 2 unspecified atom stereocenters. The molecule has 0 aliphatic carbocycles. The minimum Gasteiger partial charge on any atom is -0.354 e. The average Bonchev–Trinajstić information content (AvgIpc) is 3.31. The maximum absolute atomic E-state index is 5.78. The Balaban J connectivity index is 0.000000358. The van der Waals surface area contributed by atoms with E-state index in [1.807, 2.05) is 44.2 Å². The summed E-state index contributed by atoms with van der Waals surface area (Å²) in [7, 11) is 0. The normalized spacial score (nSPS) is 11.5. The summed E-state index contributed by atoms with van der Waals surface area (Å²) in [4.78, 5) is 38.5. The van der Waals surface area contributed by atoms with Gasteiger partial charge in [0.05, 0.1) is 0 Å². The van der Waals surface area contributed by atoms with Gasteiger partial charge in [0.15, 0.2) is 0 Å². The van der Waals surface area contributed by atoms with Crippen LogP contribution < -0.4 is 76.9 Å². The lowest BCUT2D eigenvalue weighted by atomic mass is 10.2. The fraction of sp³-hybridized carbons (Fsp3) is 0.651. The zero-order chi connectivity index (χ0) is 48.7. The Morgan fingerprint density at radius 1 is 0.418 bits per heavy atom. The topological polar surface area (TPSA) is 368 Å². The van der Waals surface area contributed by atoms with Crippen molar-refractivity contribution >= 4 is 64.9 Å². The standard InChI is InChI=1S/C21H44N8.C13H20N8.C9H18ClN7/c1-2-3-4-11-16-24-19-27-20(25-17-12-7-5-9-14-22)29-21(28-19)26-18-13-8-6-10-15-23;14-6-8-16-11-19-12(17-9-7-15)21-13(20-11)18-10-4-2-1-3-5-10;1-5(11)3-13-8-15-7(10)16-9(17-8)14-4-6(2)12/h2-18,22-23H2,1H3,(H3,24,25,26,27,28,29);1-5H,6-9,14-15H2,(H3,16,17,18,19,20,21);5-6H,3-4,11-12H2,1-2H3,(H2,13,14,15,16,17). The van der Waals surface area contributed by atoms with Crippen molar-refractivity contribution in [2.75, 3.05) is 115 Å². The predicted octanol–water partition coefficient (Wildman–Crippen LogP) is 4.13. The molecule has 3 aromatic heterocycles. The third-order valence-electron chi connectivity index (χ3n) is 9.07. The van der Waals surface area contributed by atoms with Crippen LogP contribution >= 0.6 is 11.6 Å². The van der Waals surface area contributed by atoms with Crippen LogP contribution in [0.1, 0.15) is 97.8 Å². The summed E-state index contributed by atoms with van der Waals surface area (Å²) in [6, 6.07) is 9.70. The Kier molecular flexibility index (Phi) is 32.6. The molecule has 376 valence electrons. The first-order valence-corrected chi connectivity index (χ1v) is 24.2. The lowest BCUT2D eigenvalue weighted by molar-refractivity contribution is 0.658. The van der Waals surface area contributed by atoms with Gasteiger partial charge in [-0.15, -0.1) is 0 Å². The number of unbranched alkanes of at least 4 members (excludes halogenated alkanes) is 9. The molecule has 4 aromatic rings. The molecule has 3 heterocycles. The maximum atomic E-state index is 5.78. The number of halogens is 1. The number of nitrogens with one attached hydrogen (secondary N) is 8. The zero-order valence-corrected chi connectivity index (χ0v) is 40.9. The predicted molar refractivity (Wildman–Crippen MR) is 278 cm³/mol. The molecule has 0 bridgehead atoms. The van der Waals surface area contributed by atoms with E-state index in [9.17, 15) is 0 Å². The Labute approximate surface area is 403 Å². The highest BCUT2D eigenvalue weighted by molar-refractivity contribution is 6.28. The van der Waals surface area contributed by atoms with Gasteiger partial charge in [0.1, 0.15) is 0 Å². The molecule has 0 aliphatic rings. The van der Waals surface area contributed by atoms with Crippen LogP contribution in [0, 0.1) is 0 Å². The molecule has 0 radical (unpaired) electrons. The molecule has 0 saturated carbocycles. The maximum Gasteiger partial charge on any atom is 0.233 e. The molecule has 2 atom stereocenters. The van der Waals surface area contributed by atoms with E-state index < -0.39 is 0 Å². The first-order valence-electron chi connectivity index (χ1n) is 23.8. The second-order valence-corrected chi connectivity index (χ2v) is 16.1. The van der Waals surface area contributed by atoms with Crippen molar-refractivity contribution in [2.45, 2.75) is 110 Å². The van der Waals surface area contributed by atoms with E-state index in [1.165, 1.54) is 44.9 Å². The molecule has 0 saturated heterocycles. The summed E-state index contributed by atoms with van der Waals surface area (Å²) in [5.41, 5.74) is 34.2. The molecule has 4 rings (SSSR count). The number of aromatic nitrogens is 9. The molecule has 0 fully saturated rings. The largest absolute Gasteiger partial charge is 0.354 e. The summed E-state index contributed by atoms with van der Waals surface area (Å²) in [5.74, 6) is 4.11. The minimum atomic E-state index is 0.00557. The van der Waals surface area contributed by atoms with Crippen LogP contribution in [0.3, 0.4) is 0 Å². The summed E-state index contributed by atoms with van der Waals surface area (Å²) in [6.07, 6.45) is 13.9. The third-order valence-corrected chi connectivity index (χ3v) is 9.24. The zero-order valence-electron chi connectivity index (χ0n) is 40.2. The van der Waals surface area contributed by atoms with E-state index in [1.54, 1.807) is 0 Å². The Hall–Kier alpha value is -5.30. The van der Waals surface area contributed by atoms with E-state index in [0.717, 1.165) is 70.5 Å². The smallest absolute Gasteiger partial charge is 0.233 e. The number of rotatable bonds is 34. The summed E-state index contributed by atoms with van der Waals surface area (Å²) >= 11 is 5.78. The fourth-order valence-electron chi connectivity index (χ4n) is 5.63. The number of nitrogens with two attached hydrogens (primary N) is 6. The molecular formula is C43H82ClN23. The number of anilines is 9. The van der Waals surface area contributed by atoms with Gasteiger partial charge in [0, 0.05) is 76.7 Å². The third kappa shape index (κ3) is 29.9. The second-order valence-electron chi connectivity index (χ2n) is 15.7. The number of para-hydroxylation sites is 1. The van der Waals surface area contributed by atoms with E-state index in [0.29, 0.717) is 86.9 Å². The van der Waals surface area contributed by atoms with Crippen molar-refractivity contribution < 1.29 is 0 Å². The van der Waals surface area contributed by atoms with Crippen LogP contribution in [-0.2, 0) is 0 Å². The van der Waals surface area contributed by atoms with Crippen molar-refractivity contribution in [2.24, 2.45) is 34.4 Å². The van der Waals surface area contributed by atoms with Crippen molar-refractivity contribution in [3.8, 4) is 0 Å². The van der Waals surface area contributed by atoms with E-state index in [-0.39, 0.29) is 17.4 Å². The molecule has 67 heavy (non-hydrogen) atoms. The van der Waals surface area contributed by atoms with Gasteiger partial charge in [-0.3, -0.25) is 0 Å². The van der Waals surface area contributed by atoms with Gasteiger partial charge in [-0.1, -0.05) is 70.1 Å². The SMILES string of the molecule is CC(N)CNc1nc(Cl)nc(NCC(C)N)n1.CCCCCCNc1nc(NCCCCCCN)nc(NCCCCCCN)n1.NCCNc1nc(NCCN)nc(Nc2ccccc2)n1. The van der Waals surface area contributed by atoms with Crippen LogP contribution in [0.25, 0.3) is 0 Å². The molecule has 20 N–H and O–H groups in total. The molecular weight excluding hydrogens is 874 g/mol. The summed E-state index contributed by atoms with van der Waals surface area (Å²) < 4.78 is 0. The van der Waals surface area contributed by atoms with Gasteiger partial charge < -0.3 is 76.9 Å². The first kappa shape index (κ1) is 57.8. The lowest BCUT2D eigenvalue weighted by Gasteiger charge is -2.11. The van der Waals surface area contributed by atoms with Crippen molar-refractivity contribution in [1.82, 2.24) is 44.9 Å². The van der Waals surface area contributed by atoms with Gasteiger partial charge >= 0.3 is 0 Å². The Morgan fingerprint density at radius 3 is 1.12 bits per heavy atom. The van der Waals surface area contributed by atoms with Gasteiger partial charge in [0.25, 0.3) is 0 Å². The van der Waals surface area contributed by atoms with Crippen molar-refractivity contribution in [3.05, 3.63) is 35.6 Å². The fourth-order valence-corrected chi connectivity index (χ4v) is 5.79. The van der Waals surface area contributed by atoms with Crippen molar-refractivity contribution in [3.63, 3.8) is 0 Å². The molecule has 0 aliphatic heterocycles. The lowest BCUT2D eigenvalue weighted by Crippen LogP contribution is -2.27. The summed E-state index contributed by atoms with van der Waals surface area (Å²) in [6.45, 7) is 13.4. The highest BCUT2D eigenvalue weighted by Crippen LogP contribution is 2.16. The molecule has 0 spiro atoms.